The maximum atomic E-state index is 13.7. The largest absolute Gasteiger partial charge is 0.507 e. The highest BCUT2D eigenvalue weighted by atomic mass is 32.2. The Kier molecular flexibility index (Phi) is 8.82. The molecule has 1 N–H and O–H groups in total. The lowest BCUT2D eigenvalue weighted by Crippen LogP contribution is -2.29. The molecule has 0 radical (unpaired) electrons. The number of benzene rings is 4. The molecule has 1 atom stereocenters. The summed E-state index contributed by atoms with van der Waals surface area (Å²) in [6.07, 6.45) is 0. The zero-order chi connectivity index (χ0) is 31.5. The second-order valence-corrected chi connectivity index (χ2v) is 13.1. The van der Waals surface area contributed by atoms with Gasteiger partial charge in [-0.25, -0.2) is 0 Å². The van der Waals surface area contributed by atoms with Gasteiger partial charge in [0.05, 0.1) is 11.6 Å². The van der Waals surface area contributed by atoms with Gasteiger partial charge in [0.1, 0.15) is 18.1 Å². The molecule has 1 saturated heterocycles. The lowest BCUT2D eigenvalue weighted by Gasteiger charge is -2.23. The highest BCUT2D eigenvalue weighted by Gasteiger charge is 2.48. The summed E-state index contributed by atoms with van der Waals surface area (Å²) in [4.78, 5) is 28.7. The van der Waals surface area contributed by atoms with Crippen molar-refractivity contribution in [2.45, 2.75) is 43.5 Å². The lowest BCUT2D eigenvalue weighted by atomic mass is 9.93. The van der Waals surface area contributed by atoms with Crippen LogP contribution in [0.15, 0.2) is 107 Å². The van der Waals surface area contributed by atoms with Gasteiger partial charge in [0.25, 0.3) is 5.78 Å². The number of thioether (sulfide) groups is 1. The van der Waals surface area contributed by atoms with Crippen LogP contribution in [0.25, 0.3) is 5.76 Å². The quantitative estimate of drug-likeness (QED) is 0.0579. The molecule has 6 rings (SSSR count). The van der Waals surface area contributed by atoms with Gasteiger partial charge < -0.3 is 9.84 Å². The molecule has 1 aliphatic rings. The maximum absolute atomic E-state index is 13.7. The number of hydrogen-bond acceptors (Lipinski definition) is 8. The van der Waals surface area contributed by atoms with Crippen LogP contribution in [0.5, 0.6) is 5.75 Å². The molecule has 0 aliphatic carbocycles. The molecule has 1 unspecified atom stereocenters. The van der Waals surface area contributed by atoms with Crippen LogP contribution < -0.4 is 9.64 Å². The molecule has 1 aliphatic heterocycles. The van der Waals surface area contributed by atoms with Gasteiger partial charge in [0, 0.05) is 11.3 Å². The Balaban J connectivity index is 1.35. The SMILES string of the molecule is Cc1ccc(CSc2nnc(N3C(=O)C(=O)C(=C(O)c4cc(C)ccc4C)C3c3ccc(OCc4ccccc4)cc3)s2)cc1. The van der Waals surface area contributed by atoms with Gasteiger partial charge in [-0.1, -0.05) is 113 Å². The summed E-state index contributed by atoms with van der Waals surface area (Å²) >= 11 is 2.76. The van der Waals surface area contributed by atoms with Crippen LogP contribution in [0, 0.1) is 20.8 Å². The topological polar surface area (TPSA) is 92.6 Å². The van der Waals surface area contributed by atoms with E-state index in [1.54, 1.807) is 12.1 Å². The summed E-state index contributed by atoms with van der Waals surface area (Å²) in [7, 11) is 0. The summed E-state index contributed by atoms with van der Waals surface area (Å²) in [6, 6.07) is 30.1. The van der Waals surface area contributed by atoms with E-state index in [0.29, 0.717) is 33.6 Å². The van der Waals surface area contributed by atoms with E-state index in [9.17, 15) is 14.7 Å². The number of ketones is 1. The standard InChI is InChI=1S/C36H31N3O4S2/c1-22-10-13-26(14-11-22)21-44-36-38-37-35(45-36)39-31(27-15-17-28(18-16-27)43-20-25-7-5-4-6-8-25)30(33(41)34(39)42)32(40)29-19-23(2)9-12-24(29)3/h4-19,31,40H,20-21H2,1-3H3. The van der Waals surface area contributed by atoms with Crippen molar-refractivity contribution in [1.29, 1.82) is 0 Å². The van der Waals surface area contributed by atoms with E-state index < -0.39 is 17.7 Å². The number of nitrogens with zero attached hydrogens (tertiary/aromatic N) is 3. The molecule has 4 aromatic carbocycles. The highest BCUT2D eigenvalue weighted by Crippen LogP contribution is 2.44. The van der Waals surface area contributed by atoms with Crippen molar-refractivity contribution in [3.63, 3.8) is 0 Å². The zero-order valence-electron chi connectivity index (χ0n) is 25.1. The van der Waals surface area contributed by atoms with E-state index in [0.717, 1.165) is 22.3 Å². The molecule has 7 nitrogen and oxygen atoms in total. The number of aryl methyl sites for hydroxylation is 3. The zero-order valence-corrected chi connectivity index (χ0v) is 26.7. The van der Waals surface area contributed by atoms with Crippen molar-refractivity contribution >= 4 is 45.7 Å². The number of ether oxygens (including phenoxy) is 1. The third-order valence-corrected chi connectivity index (χ3v) is 9.75. The first kappa shape index (κ1) is 30.3. The second-order valence-electron chi connectivity index (χ2n) is 11.0. The Labute approximate surface area is 270 Å². The normalized spacial score (nSPS) is 15.9. The van der Waals surface area contributed by atoms with Gasteiger partial charge in [-0.15, -0.1) is 10.2 Å². The van der Waals surface area contributed by atoms with Crippen molar-refractivity contribution in [3.8, 4) is 5.75 Å². The molecule has 0 bridgehead atoms. The van der Waals surface area contributed by atoms with Crippen LogP contribution in [0.1, 0.15) is 45.0 Å². The summed E-state index contributed by atoms with van der Waals surface area (Å²) < 4.78 is 6.65. The molecule has 1 amide bonds. The number of carbonyl (C=O) groups is 2. The van der Waals surface area contributed by atoms with Crippen molar-refractivity contribution < 1.29 is 19.4 Å². The van der Waals surface area contributed by atoms with E-state index in [4.69, 9.17) is 4.74 Å². The van der Waals surface area contributed by atoms with Gasteiger partial charge in [-0.2, -0.15) is 0 Å². The third-order valence-electron chi connectivity index (χ3n) is 7.62. The average Bonchev–Trinajstić information content (AvgIpc) is 3.63. The van der Waals surface area contributed by atoms with E-state index >= 15 is 0 Å². The molecule has 5 aromatic rings. The van der Waals surface area contributed by atoms with E-state index in [-0.39, 0.29) is 16.5 Å². The Morgan fingerprint density at radius 1 is 0.867 bits per heavy atom. The summed E-state index contributed by atoms with van der Waals surface area (Å²) in [5.41, 5.74) is 6.24. The lowest BCUT2D eigenvalue weighted by molar-refractivity contribution is -0.132. The van der Waals surface area contributed by atoms with Crippen LogP contribution in [0.4, 0.5) is 5.13 Å². The minimum Gasteiger partial charge on any atom is -0.507 e. The number of hydrogen-bond donors (Lipinski definition) is 1. The Bertz CT molecular complexity index is 1880. The fraction of sp³-hybridized carbons (Fsp3) is 0.167. The fourth-order valence-electron chi connectivity index (χ4n) is 5.16. The highest BCUT2D eigenvalue weighted by molar-refractivity contribution is 8.00. The van der Waals surface area contributed by atoms with E-state index in [2.05, 4.69) is 34.5 Å². The summed E-state index contributed by atoms with van der Waals surface area (Å²) in [5, 5.41) is 20.6. The Hall–Kier alpha value is -4.73. The molecular formula is C36H31N3O4S2. The predicted molar refractivity (Wildman–Crippen MR) is 179 cm³/mol. The van der Waals surface area contributed by atoms with Crippen LogP contribution in [0.2, 0.25) is 0 Å². The third kappa shape index (κ3) is 6.55. The molecule has 226 valence electrons. The van der Waals surface area contributed by atoms with Gasteiger partial charge in [0.15, 0.2) is 4.34 Å². The predicted octanol–water partition coefficient (Wildman–Crippen LogP) is 7.96. The minimum atomic E-state index is -0.906. The molecule has 9 heteroatoms. The van der Waals surface area contributed by atoms with Crippen LogP contribution in [0.3, 0.4) is 0 Å². The number of aliphatic hydroxyl groups is 1. The number of aliphatic hydroxyl groups excluding tert-OH is 1. The minimum absolute atomic E-state index is 0.00992. The summed E-state index contributed by atoms with van der Waals surface area (Å²) in [5.74, 6) is -0.423. The van der Waals surface area contributed by atoms with Gasteiger partial charge in [-0.05, 0) is 61.2 Å². The molecular weight excluding hydrogens is 603 g/mol. The molecule has 2 heterocycles. The first-order valence-electron chi connectivity index (χ1n) is 14.5. The van der Waals surface area contributed by atoms with Gasteiger partial charge in [-0.3, -0.25) is 14.5 Å². The van der Waals surface area contributed by atoms with Crippen molar-refractivity contribution in [2.75, 3.05) is 4.90 Å². The number of rotatable bonds is 9. The van der Waals surface area contributed by atoms with Crippen molar-refractivity contribution in [2.24, 2.45) is 0 Å². The fourth-order valence-corrected chi connectivity index (χ4v) is 6.98. The van der Waals surface area contributed by atoms with Gasteiger partial charge >= 0.3 is 5.91 Å². The molecule has 45 heavy (non-hydrogen) atoms. The molecule has 0 saturated carbocycles. The number of amides is 1. The first-order chi connectivity index (χ1) is 21.8. The average molecular weight is 634 g/mol. The second kappa shape index (κ2) is 13.1. The van der Waals surface area contributed by atoms with Crippen LogP contribution in [-0.2, 0) is 21.9 Å². The monoisotopic (exact) mass is 633 g/mol. The number of anilines is 1. The molecule has 0 spiro atoms. The van der Waals surface area contributed by atoms with Crippen molar-refractivity contribution in [1.82, 2.24) is 10.2 Å². The number of aromatic nitrogens is 2. The molecule has 1 fully saturated rings. The summed E-state index contributed by atoms with van der Waals surface area (Å²) in [6.45, 7) is 6.22. The van der Waals surface area contributed by atoms with Gasteiger partial charge in [0.2, 0.25) is 5.13 Å². The first-order valence-corrected chi connectivity index (χ1v) is 16.3. The number of Topliss-reactive ketones (excluding diaryl/α,β-unsaturated/α-hetero) is 1. The molecule has 1 aromatic heterocycles. The number of carbonyl (C=O) groups excluding carboxylic acids is 2. The Morgan fingerprint density at radius 2 is 1.58 bits per heavy atom. The van der Waals surface area contributed by atoms with Crippen molar-refractivity contribution in [3.05, 3.63) is 142 Å². The van der Waals surface area contributed by atoms with Crippen LogP contribution >= 0.6 is 23.1 Å². The van der Waals surface area contributed by atoms with E-state index in [1.165, 1.54) is 33.6 Å². The Morgan fingerprint density at radius 3 is 2.31 bits per heavy atom. The van der Waals surface area contributed by atoms with E-state index in [1.807, 2.05) is 81.4 Å². The van der Waals surface area contributed by atoms with Crippen LogP contribution in [-0.4, -0.2) is 27.0 Å². The smallest absolute Gasteiger partial charge is 0.301 e. The maximum Gasteiger partial charge on any atom is 0.301 e.